The van der Waals surface area contributed by atoms with Gasteiger partial charge >= 0.3 is 0 Å². The predicted molar refractivity (Wildman–Crippen MR) is 92.3 cm³/mol. The molecule has 0 aliphatic heterocycles. The number of amides is 1. The highest BCUT2D eigenvalue weighted by Crippen LogP contribution is 2.20. The smallest absolute Gasteiger partial charge is 0.238 e. The van der Waals surface area contributed by atoms with E-state index >= 15 is 0 Å². The predicted octanol–water partition coefficient (Wildman–Crippen LogP) is 4.03. The summed E-state index contributed by atoms with van der Waals surface area (Å²) < 4.78 is 0. The van der Waals surface area contributed by atoms with Crippen LogP contribution in [0.4, 0.5) is 5.69 Å². The Kier molecular flexibility index (Phi) is 5.58. The zero-order chi connectivity index (χ0) is 16.1. The summed E-state index contributed by atoms with van der Waals surface area (Å²) in [4.78, 5) is 14.1. The molecule has 0 aromatic heterocycles. The lowest BCUT2D eigenvalue weighted by Crippen LogP contribution is -2.30. The lowest BCUT2D eigenvalue weighted by molar-refractivity contribution is -0.117. The minimum atomic E-state index is -0.0454. The monoisotopic (exact) mass is 316 g/mol. The quantitative estimate of drug-likeness (QED) is 0.903. The number of carbonyl (C=O) groups excluding carboxylic acids is 1. The largest absolute Gasteiger partial charge is 0.325 e. The number of likely N-dealkylation sites (N-methyl/N-ethyl adjacent to an activating group) is 1. The Balaban J connectivity index is 1.91. The van der Waals surface area contributed by atoms with Gasteiger partial charge in [0, 0.05) is 17.3 Å². The molecule has 116 valence electrons. The SMILES string of the molecule is Cc1ccc(NC(=O)CN(C)Cc2ccccc2C)cc1Cl. The Morgan fingerprint density at radius 3 is 2.55 bits per heavy atom. The molecule has 2 aromatic carbocycles. The number of hydrogen-bond acceptors (Lipinski definition) is 2. The van der Waals surface area contributed by atoms with Crippen molar-refractivity contribution in [2.24, 2.45) is 0 Å². The molecule has 0 aliphatic rings. The van der Waals surface area contributed by atoms with Crippen LogP contribution in [0.1, 0.15) is 16.7 Å². The van der Waals surface area contributed by atoms with Gasteiger partial charge in [0.05, 0.1) is 6.54 Å². The van der Waals surface area contributed by atoms with Gasteiger partial charge in [-0.25, -0.2) is 0 Å². The number of nitrogens with one attached hydrogen (secondary N) is 1. The zero-order valence-electron chi connectivity index (χ0n) is 13.2. The standard InChI is InChI=1S/C18H21ClN2O/c1-13-6-4-5-7-15(13)11-21(3)12-18(22)20-16-9-8-14(2)17(19)10-16/h4-10H,11-12H2,1-3H3,(H,20,22). The topological polar surface area (TPSA) is 32.3 Å². The number of benzene rings is 2. The van der Waals surface area contributed by atoms with Crippen LogP contribution in [0.25, 0.3) is 0 Å². The molecule has 0 atom stereocenters. The minimum Gasteiger partial charge on any atom is -0.325 e. The van der Waals surface area contributed by atoms with Gasteiger partial charge in [-0.15, -0.1) is 0 Å². The lowest BCUT2D eigenvalue weighted by Gasteiger charge is -2.17. The van der Waals surface area contributed by atoms with E-state index in [2.05, 4.69) is 24.4 Å². The first kappa shape index (κ1) is 16.5. The van der Waals surface area contributed by atoms with Crippen LogP contribution in [-0.2, 0) is 11.3 Å². The van der Waals surface area contributed by atoms with Crippen molar-refractivity contribution >= 4 is 23.2 Å². The highest BCUT2D eigenvalue weighted by molar-refractivity contribution is 6.31. The molecule has 0 spiro atoms. The van der Waals surface area contributed by atoms with Crippen molar-refractivity contribution in [3.05, 3.63) is 64.2 Å². The molecule has 0 radical (unpaired) electrons. The van der Waals surface area contributed by atoms with E-state index in [0.29, 0.717) is 11.6 Å². The molecule has 22 heavy (non-hydrogen) atoms. The Morgan fingerprint density at radius 2 is 1.86 bits per heavy atom. The number of nitrogens with zero attached hydrogens (tertiary/aromatic N) is 1. The number of carbonyl (C=O) groups is 1. The zero-order valence-corrected chi connectivity index (χ0v) is 13.9. The third kappa shape index (κ3) is 4.58. The lowest BCUT2D eigenvalue weighted by atomic mass is 10.1. The molecular formula is C18H21ClN2O. The fourth-order valence-corrected chi connectivity index (χ4v) is 2.43. The first-order valence-corrected chi connectivity index (χ1v) is 7.62. The van der Waals surface area contributed by atoms with Crippen LogP contribution in [0.3, 0.4) is 0 Å². The number of rotatable bonds is 5. The van der Waals surface area contributed by atoms with Gasteiger partial charge in [0.1, 0.15) is 0 Å². The highest BCUT2D eigenvalue weighted by atomic mass is 35.5. The van der Waals surface area contributed by atoms with Gasteiger partial charge in [-0.05, 0) is 49.7 Å². The Bertz CT molecular complexity index is 670. The van der Waals surface area contributed by atoms with Gasteiger partial charge in [0.15, 0.2) is 0 Å². The number of anilines is 1. The number of hydrogen-bond donors (Lipinski definition) is 1. The maximum atomic E-state index is 12.1. The Hall–Kier alpha value is -1.84. The van der Waals surface area contributed by atoms with Crippen LogP contribution < -0.4 is 5.32 Å². The average Bonchev–Trinajstić information content (AvgIpc) is 2.45. The van der Waals surface area contributed by atoms with E-state index in [0.717, 1.165) is 17.8 Å². The molecule has 1 amide bonds. The van der Waals surface area contributed by atoms with E-state index in [1.165, 1.54) is 11.1 Å². The van der Waals surface area contributed by atoms with Crippen LogP contribution in [0.2, 0.25) is 5.02 Å². The van der Waals surface area contributed by atoms with Crippen LogP contribution >= 0.6 is 11.6 Å². The first-order chi connectivity index (χ1) is 10.5. The molecule has 2 rings (SSSR count). The molecule has 0 fully saturated rings. The summed E-state index contributed by atoms with van der Waals surface area (Å²) in [5, 5.41) is 3.53. The van der Waals surface area contributed by atoms with E-state index < -0.39 is 0 Å². The Labute approximate surface area is 136 Å². The highest BCUT2D eigenvalue weighted by Gasteiger charge is 2.09. The van der Waals surface area contributed by atoms with Gasteiger partial charge in [0.25, 0.3) is 0 Å². The second kappa shape index (κ2) is 7.43. The van der Waals surface area contributed by atoms with Crippen molar-refractivity contribution in [2.75, 3.05) is 18.9 Å². The molecule has 0 bridgehead atoms. The average molecular weight is 317 g/mol. The molecular weight excluding hydrogens is 296 g/mol. The van der Waals surface area contributed by atoms with Crippen molar-refractivity contribution in [1.82, 2.24) is 4.90 Å². The molecule has 0 aliphatic carbocycles. The molecule has 1 N–H and O–H groups in total. The summed E-state index contributed by atoms with van der Waals surface area (Å²) in [6, 6.07) is 13.7. The summed E-state index contributed by atoms with van der Waals surface area (Å²) in [6.45, 7) is 5.09. The third-order valence-corrected chi connectivity index (χ3v) is 3.98. The van der Waals surface area contributed by atoms with Crippen molar-refractivity contribution < 1.29 is 4.79 Å². The van der Waals surface area contributed by atoms with Gasteiger partial charge in [0.2, 0.25) is 5.91 Å². The fourth-order valence-electron chi connectivity index (χ4n) is 2.25. The Morgan fingerprint density at radius 1 is 1.14 bits per heavy atom. The summed E-state index contributed by atoms with van der Waals surface area (Å²) in [5.74, 6) is -0.0454. The molecule has 0 saturated heterocycles. The van der Waals surface area contributed by atoms with E-state index in [9.17, 15) is 4.79 Å². The van der Waals surface area contributed by atoms with Crippen molar-refractivity contribution in [3.63, 3.8) is 0 Å². The molecule has 2 aromatic rings. The number of halogens is 1. The summed E-state index contributed by atoms with van der Waals surface area (Å²) >= 11 is 6.07. The van der Waals surface area contributed by atoms with Gasteiger partial charge in [-0.2, -0.15) is 0 Å². The van der Waals surface area contributed by atoms with Crippen LogP contribution in [-0.4, -0.2) is 24.4 Å². The maximum absolute atomic E-state index is 12.1. The summed E-state index contributed by atoms with van der Waals surface area (Å²) in [6.07, 6.45) is 0. The van der Waals surface area contributed by atoms with Crippen LogP contribution in [0.5, 0.6) is 0 Å². The van der Waals surface area contributed by atoms with Crippen molar-refractivity contribution in [2.45, 2.75) is 20.4 Å². The third-order valence-electron chi connectivity index (χ3n) is 3.57. The second-order valence-corrected chi connectivity index (χ2v) is 6.02. The van der Waals surface area contributed by atoms with Crippen LogP contribution in [0, 0.1) is 13.8 Å². The normalized spacial score (nSPS) is 10.8. The van der Waals surface area contributed by atoms with Crippen molar-refractivity contribution in [3.8, 4) is 0 Å². The fraction of sp³-hybridized carbons (Fsp3) is 0.278. The molecule has 0 heterocycles. The molecule has 3 nitrogen and oxygen atoms in total. The maximum Gasteiger partial charge on any atom is 0.238 e. The first-order valence-electron chi connectivity index (χ1n) is 7.25. The molecule has 0 unspecified atom stereocenters. The summed E-state index contributed by atoms with van der Waals surface area (Å²) in [7, 11) is 1.94. The van der Waals surface area contributed by atoms with Crippen molar-refractivity contribution in [1.29, 1.82) is 0 Å². The minimum absolute atomic E-state index is 0.0454. The number of aryl methyl sites for hydroxylation is 2. The van der Waals surface area contributed by atoms with E-state index in [4.69, 9.17) is 11.6 Å². The van der Waals surface area contributed by atoms with E-state index in [1.807, 2.05) is 43.1 Å². The molecule has 4 heteroatoms. The van der Waals surface area contributed by atoms with E-state index in [-0.39, 0.29) is 5.91 Å². The van der Waals surface area contributed by atoms with Crippen LogP contribution in [0.15, 0.2) is 42.5 Å². The second-order valence-electron chi connectivity index (χ2n) is 5.61. The van der Waals surface area contributed by atoms with Gasteiger partial charge in [-0.3, -0.25) is 9.69 Å². The van der Waals surface area contributed by atoms with Gasteiger partial charge < -0.3 is 5.32 Å². The summed E-state index contributed by atoms with van der Waals surface area (Å²) in [5.41, 5.74) is 4.19. The molecule has 0 saturated carbocycles. The van der Waals surface area contributed by atoms with Gasteiger partial charge in [-0.1, -0.05) is 41.9 Å². The van der Waals surface area contributed by atoms with E-state index in [1.54, 1.807) is 6.07 Å².